The molecule has 0 bridgehead atoms. The summed E-state index contributed by atoms with van der Waals surface area (Å²) < 4.78 is 12.2. The molecule has 0 saturated heterocycles. The number of aromatic nitrogens is 3. The average Bonchev–Trinajstić information content (AvgIpc) is 2.88. The van der Waals surface area contributed by atoms with Crippen LogP contribution in [0.1, 0.15) is 18.9 Å². The van der Waals surface area contributed by atoms with Gasteiger partial charge in [-0.05, 0) is 6.42 Å². The van der Waals surface area contributed by atoms with Gasteiger partial charge in [0.1, 0.15) is 30.6 Å². The Hall–Kier alpha value is -2.17. The highest BCUT2D eigenvalue weighted by atomic mass is 16.5. The molecule has 1 N–H and O–H groups in total. The fourth-order valence-electron chi connectivity index (χ4n) is 1.99. The van der Waals surface area contributed by atoms with Gasteiger partial charge in [0.15, 0.2) is 0 Å². The van der Waals surface area contributed by atoms with E-state index in [-0.39, 0.29) is 0 Å². The van der Waals surface area contributed by atoms with E-state index in [4.69, 9.17) is 9.47 Å². The maximum absolute atomic E-state index is 9.30. The van der Waals surface area contributed by atoms with Crippen molar-refractivity contribution in [3.8, 4) is 6.07 Å². The summed E-state index contributed by atoms with van der Waals surface area (Å²) in [5.41, 5.74) is 1.23. The van der Waals surface area contributed by atoms with Crippen molar-refractivity contribution in [2.75, 3.05) is 32.2 Å². The van der Waals surface area contributed by atoms with Gasteiger partial charge in [0, 0.05) is 19.9 Å². The van der Waals surface area contributed by atoms with E-state index in [1.165, 1.54) is 6.33 Å². The van der Waals surface area contributed by atoms with Crippen molar-refractivity contribution in [2.24, 2.45) is 0 Å². The number of rotatable bonds is 8. The smallest absolute Gasteiger partial charge is 0.148 e. The maximum atomic E-state index is 9.30. The fourth-order valence-corrected chi connectivity index (χ4v) is 1.99. The topological polar surface area (TPSA) is 85.0 Å². The molecule has 2 aromatic rings. The van der Waals surface area contributed by atoms with Gasteiger partial charge >= 0.3 is 0 Å². The molecule has 0 radical (unpaired) electrons. The van der Waals surface area contributed by atoms with E-state index in [2.05, 4.69) is 28.3 Å². The lowest BCUT2D eigenvalue weighted by Crippen LogP contribution is -2.07. The van der Waals surface area contributed by atoms with Crippen molar-refractivity contribution in [3.05, 3.63) is 18.1 Å². The fraction of sp³-hybridized carbons (Fsp3) is 0.500. The van der Waals surface area contributed by atoms with E-state index in [1.54, 1.807) is 13.3 Å². The Kier molecular flexibility index (Phi) is 5.49. The van der Waals surface area contributed by atoms with Crippen molar-refractivity contribution in [1.82, 2.24) is 14.5 Å². The van der Waals surface area contributed by atoms with Crippen LogP contribution in [-0.2, 0) is 16.2 Å². The second-order valence-corrected chi connectivity index (χ2v) is 4.50. The number of nitriles is 1. The highest BCUT2D eigenvalue weighted by Crippen LogP contribution is 2.25. The molecule has 7 nitrogen and oxygen atoms in total. The first-order chi connectivity index (χ1) is 10.3. The Morgan fingerprint density at radius 2 is 2.24 bits per heavy atom. The highest BCUT2D eigenvalue weighted by molar-refractivity contribution is 5.92. The monoisotopic (exact) mass is 289 g/mol. The number of fused-ring (bicyclic) bond motifs is 1. The van der Waals surface area contributed by atoms with E-state index in [1.807, 2.05) is 4.57 Å². The van der Waals surface area contributed by atoms with Crippen molar-refractivity contribution in [1.29, 1.82) is 5.26 Å². The van der Waals surface area contributed by atoms with Gasteiger partial charge < -0.3 is 19.4 Å². The largest absolute Gasteiger partial charge is 0.382 e. The molecule has 0 unspecified atom stereocenters. The van der Waals surface area contributed by atoms with Crippen molar-refractivity contribution in [3.63, 3.8) is 0 Å². The molecule has 0 fully saturated rings. The Labute approximate surface area is 123 Å². The summed E-state index contributed by atoms with van der Waals surface area (Å²) in [6, 6.07) is 2.19. The first-order valence-corrected chi connectivity index (χ1v) is 6.86. The number of nitrogens with one attached hydrogen (secondary N) is 1. The van der Waals surface area contributed by atoms with Gasteiger partial charge in [-0.1, -0.05) is 6.92 Å². The lowest BCUT2D eigenvalue weighted by Gasteiger charge is -2.07. The molecule has 0 aliphatic rings. The second kappa shape index (κ2) is 7.57. The molecule has 0 spiro atoms. The third-order valence-corrected chi connectivity index (χ3v) is 2.98. The van der Waals surface area contributed by atoms with Crippen molar-refractivity contribution < 1.29 is 9.47 Å². The molecular formula is C14H19N5O2. The predicted octanol–water partition coefficient (Wildman–Crippen LogP) is 1.75. The first-order valence-electron chi connectivity index (χ1n) is 6.86. The van der Waals surface area contributed by atoms with E-state index in [0.717, 1.165) is 18.4 Å². The number of anilines is 1. The van der Waals surface area contributed by atoms with Crippen LogP contribution in [0.15, 0.2) is 12.5 Å². The summed E-state index contributed by atoms with van der Waals surface area (Å²) in [6.45, 7) is 4.22. The molecule has 0 aromatic carbocycles. The quantitative estimate of drug-likeness (QED) is 0.745. The molecule has 21 heavy (non-hydrogen) atoms. The Morgan fingerprint density at radius 1 is 1.38 bits per heavy atom. The minimum Gasteiger partial charge on any atom is -0.382 e. The van der Waals surface area contributed by atoms with Crippen LogP contribution < -0.4 is 5.32 Å². The maximum Gasteiger partial charge on any atom is 0.148 e. The molecular weight excluding hydrogens is 270 g/mol. The third-order valence-electron chi connectivity index (χ3n) is 2.98. The molecule has 2 heterocycles. The molecule has 2 rings (SSSR count). The van der Waals surface area contributed by atoms with Crippen LogP contribution in [0.4, 0.5) is 5.82 Å². The zero-order chi connectivity index (χ0) is 15.1. The summed E-state index contributed by atoms with van der Waals surface area (Å²) in [7, 11) is 1.63. The van der Waals surface area contributed by atoms with Crippen LogP contribution in [0.5, 0.6) is 0 Å². The van der Waals surface area contributed by atoms with Crippen LogP contribution in [0.25, 0.3) is 11.0 Å². The lowest BCUT2D eigenvalue weighted by atomic mass is 10.2. The molecule has 7 heteroatoms. The summed E-state index contributed by atoms with van der Waals surface area (Å²) in [5.74, 6) is 0.689. The number of ether oxygens (including phenoxy) is 2. The van der Waals surface area contributed by atoms with E-state index >= 15 is 0 Å². The van der Waals surface area contributed by atoms with E-state index in [9.17, 15) is 5.26 Å². The van der Waals surface area contributed by atoms with Gasteiger partial charge in [0.25, 0.3) is 0 Å². The third kappa shape index (κ3) is 3.48. The second-order valence-electron chi connectivity index (χ2n) is 4.50. The van der Waals surface area contributed by atoms with Gasteiger partial charge in [-0.2, -0.15) is 5.26 Å². The summed E-state index contributed by atoms with van der Waals surface area (Å²) in [4.78, 5) is 8.50. The number of hydrogen-bond donors (Lipinski definition) is 1. The molecule has 0 amide bonds. The minimum absolute atomic E-state index is 0.325. The first kappa shape index (κ1) is 15.2. The molecule has 0 aliphatic carbocycles. The van der Waals surface area contributed by atoms with Gasteiger partial charge in [-0.15, -0.1) is 0 Å². The SMILES string of the molecule is CCCNc1ncnc2c1c(C#N)cn2COCCOC. The standard InChI is InChI=1S/C14H19N5O2/c1-3-4-16-13-12-11(7-15)8-19(10-21-6-5-20-2)14(12)18-9-17-13/h8-9H,3-6,10H2,1-2H3,(H,16,17,18). The lowest BCUT2D eigenvalue weighted by molar-refractivity contribution is 0.0358. The zero-order valence-electron chi connectivity index (χ0n) is 12.3. The van der Waals surface area contributed by atoms with Crippen molar-refractivity contribution in [2.45, 2.75) is 20.1 Å². The molecule has 0 atom stereocenters. The number of nitrogens with zero attached hydrogens (tertiary/aromatic N) is 4. The van der Waals surface area contributed by atoms with Gasteiger partial charge in [-0.25, -0.2) is 9.97 Å². The van der Waals surface area contributed by atoms with Crippen LogP contribution in [0.2, 0.25) is 0 Å². The molecule has 0 saturated carbocycles. The van der Waals surface area contributed by atoms with Crippen LogP contribution in [0, 0.1) is 11.3 Å². The van der Waals surface area contributed by atoms with Crippen molar-refractivity contribution >= 4 is 16.9 Å². The van der Waals surface area contributed by atoms with Gasteiger partial charge in [0.2, 0.25) is 0 Å². The normalized spacial score (nSPS) is 10.7. The van der Waals surface area contributed by atoms with Crippen LogP contribution in [-0.4, -0.2) is 41.4 Å². The summed E-state index contributed by atoms with van der Waals surface area (Å²) >= 11 is 0. The molecule has 0 aliphatic heterocycles. The Bertz CT molecular complexity index is 632. The van der Waals surface area contributed by atoms with E-state index < -0.39 is 0 Å². The zero-order valence-corrected chi connectivity index (χ0v) is 12.3. The minimum atomic E-state index is 0.325. The Morgan fingerprint density at radius 3 is 2.95 bits per heavy atom. The molecule has 112 valence electrons. The summed E-state index contributed by atoms with van der Waals surface area (Å²) in [6.07, 6.45) is 4.21. The molecule has 2 aromatic heterocycles. The highest BCUT2D eigenvalue weighted by Gasteiger charge is 2.14. The van der Waals surface area contributed by atoms with Crippen LogP contribution in [0.3, 0.4) is 0 Å². The predicted molar refractivity (Wildman–Crippen MR) is 78.9 cm³/mol. The average molecular weight is 289 g/mol. The number of methoxy groups -OCH3 is 1. The van der Waals surface area contributed by atoms with Gasteiger partial charge in [-0.3, -0.25) is 0 Å². The van der Waals surface area contributed by atoms with Gasteiger partial charge in [0.05, 0.1) is 24.2 Å². The Balaban J connectivity index is 2.29. The summed E-state index contributed by atoms with van der Waals surface area (Å²) in [5, 5.41) is 13.3. The van der Waals surface area contributed by atoms with E-state index in [0.29, 0.717) is 37.0 Å². The van der Waals surface area contributed by atoms with Crippen LogP contribution >= 0.6 is 0 Å². The number of hydrogen-bond acceptors (Lipinski definition) is 6.